The fourth-order valence-electron chi connectivity index (χ4n) is 2.64. The lowest BCUT2D eigenvalue weighted by Crippen LogP contribution is -2.43. The molecule has 0 aliphatic rings. The predicted molar refractivity (Wildman–Crippen MR) is 103 cm³/mol. The van der Waals surface area contributed by atoms with Crippen LogP contribution in [0.3, 0.4) is 0 Å². The fraction of sp³-hybridized carbons (Fsp3) is 0.150. The highest BCUT2D eigenvalue weighted by Crippen LogP contribution is 2.18. The number of rotatable bonds is 5. The van der Waals surface area contributed by atoms with Gasteiger partial charge in [0.05, 0.1) is 12.6 Å². The van der Waals surface area contributed by atoms with E-state index in [-0.39, 0.29) is 5.69 Å². The molecule has 1 aromatic heterocycles. The molecular weight excluding hydrogens is 396 g/mol. The summed E-state index contributed by atoms with van der Waals surface area (Å²) in [4.78, 5) is 29.1. The molecule has 0 fully saturated rings. The molecule has 5 nitrogen and oxygen atoms in total. The lowest BCUT2D eigenvalue weighted by molar-refractivity contribution is -0.142. The van der Waals surface area contributed by atoms with Crippen LogP contribution in [0.4, 0.5) is 0 Å². The second-order valence-corrected chi connectivity index (χ2v) is 6.59. The SMILES string of the molecule is COC(=O)[C@@H](Cc1ccccc1Br)NC(=O)c1ccc2ccccc2n1. The monoisotopic (exact) mass is 412 g/mol. The number of aromatic nitrogens is 1. The summed E-state index contributed by atoms with van der Waals surface area (Å²) in [6, 6.07) is 17.7. The number of carbonyl (C=O) groups excluding carboxylic acids is 2. The number of benzene rings is 2. The number of pyridine rings is 1. The summed E-state index contributed by atoms with van der Waals surface area (Å²) in [5.41, 5.74) is 1.87. The number of esters is 1. The number of halogens is 1. The van der Waals surface area contributed by atoms with Crippen LogP contribution in [0.15, 0.2) is 65.1 Å². The first-order valence-corrected chi connectivity index (χ1v) is 8.85. The third-order valence-corrected chi connectivity index (χ3v) is 4.78. The highest BCUT2D eigenvalue weighted by atomic mass is 79.9. The van der Waals surface area contributed by atoms with Crippen LogP contribution in [0.2, 0.25) is 0 Å². The van der Waals surface area contributed by atoms with Gasteiger partial charge in [0, 0.05) is 16.3 Å². The van der Waals surface area contributed by atoms with Gasteiger partial charge in [-0.3, -0.25) is 4.79 Å². The molecule has 1 heterocycles. The van der Waals surface area contributed by atoms with Gasteiger partial charge in [0.15, 0.2) is 0 Å². The molecule has 0 radical (unpaired) electrons. The first-order valence-electron chi connectivity index (χ1n) is 8.06. The quantitative estimate of drug-likeness (QED) is 0.651. The Morgan fingerprint density at radius 2 is 1.81 bits per heavy atom. The molecule has 2 aromatic carbocycles. The third-order valence-electron chi connectivity index (χ3n) is 4.00. The molecule has 0 saturated heterocycles. The van der Waals surface area contributed by atoms with Crippen molar-refractivity contribution in [1.29, 1.82) is 0 Å². The van der Waals surface area contributed by atoms with Gasteiger partial charge in [-0.1, -0.05) is 58.4 Å². The largest absolute Gasteiger partial charge is 0.467 e. The van der Waals surface area contributed by atoms with Gasteiger partial charge < -0.3 is 10.1 Å². The first-order chi connectivity index (χ1) is 12.6. The molecule has 1 N–H and O–H groups in total. The Hall–Kier alpha value is -2.73. The molecule has 132 valence electrons. The number of hydrogen-bond acceptors (Lipinski definition) is 4. The van der Waals surface area contributed by atoms with Gasteiger partial charge >= 0.3 is 5.97 Å². The molecule has 3 aromatic rings. The van der Waals surface area contributed by atoms with Crippen molar-refractivity contribution in [2.24, 2.45) is 0 Å². The Bertz CT molecular complexity index is 958. The molecule has 6 heteroatoms. The van der Waals surface area contributed by atoms with Crippen LogP contribution in [0, 0.1) is 0 Å². The minimum absolute atomic E-state index is 0.254. The van der Waals surface area contributed by atoms with Crippen molar-refractivity contribution in [3.63, 3.8) is 0 Å². The van der Waals surface area contributed by atoms with Gasteiger partial charge in [-0.05, 0) is 23.8 Å². The van der Waals surface area contributed by atoms with Gasteiger partial charge in [0.1, 0.15) is 11.7 Å². The lowest BCUT2D eigenvalue weighted by Gasteiger charge is -2.17. The molecule has 0 aliphatic carbocycles. The number of ether oxygens (including phenoxy) is 1. The van der Waals surface area contributed by atoms with Crippen molar-refractivity contribution >= 4 is 38.7 Å². The molecule has 0 bridgehead atoms. The Kier molecular flexibility index (Phi) is 5.63. The highest BCUT2D eigenvalue weighted by molar-refractivity contribution is 9.10. The topological polar surface area (TPSA) is 68.3 Å². The van der Waals surface area contributed by atoms with E-state index in [1.165, 1.54) is 7.11 Å². The Morgan fingerprint density at radius 3 is 2.58 bits per heavy atom. The second kappa shape index (κ2) is 8.10. The molecule has 26 heavy (non-hydrogen) atoms. The second-order valence-electron chi connectivity index (χ2n) is 5.73. The molecule has 0 aliphatic heterocycles. The van der Waals surface area contributed by atoms with E-state index in [0.717, 1.165) is 20.9 Å². The Morgan fingerprint density at radius 1 is 1.08 bits per heavy atom. The van der Waals surface area contributed by atoms with Crippen molar-refractivity contribution in [2.45, 2.75) is 12.5 Å². The molecule has 0 spiro atoms. The summed E-state index contributed by atoms with van der Waals surface area (Å²) in [5.74, 6) is -0.923. The van der Waals surface area contributed by atoms with E-state index >= 15 is 0 Å². The molecule has 1 atom stereocenters. The van der Waals surface area contributed by atoms with Crippen molar-refractivity contribution in [2.75, 3.05) is 7.11 Å². The van der Waals surface area contributed by atoms with Crippen molar-refractivity contribution < 1.29 is 14.3 Å². The van der Waals surface area contributed by atoms with E-state index in [1.807, 2.05) is 54.6 Å². The van der Waals surface area contributed by atoms with Crippen LogP contribution in [-0.4, -0.2) is 30.0 Å². The summed E-state index contributed by atoms with van der Waals surface area (Å²) >= 11 is 3.46. The molecular formula is C20H17BrN2O3. The predicted octanol–water partition coefficient (Wildman–Crippen LogP) is 3.51. The number of nitrogens with one attached hydrogen (secondary N) is 1. The zero-order valence-electron chi connectivity index (χ0n) is 14.1. The maximum Gasteiger partial charge on any atom is 0.328 e. The molecule has 0 unspecified atom stereocenters. The summed E-state index contributed by atoms with van der Waals surface area (Å²) in [6.45, 7) is 0. The van der Waals surface area contributed by atoms with Crippen LogP contribution in [-0.2, 0) is 16.0 Å². The van der Waals surface area contributed by atoms with Crippen LogP contribution in [0.25, 0.3) is 10.9 Å². The molecule has 1 amide bonds. The summed E-state index contributed by atoms with van der Waals surface area (Å²) in [5, 5.41) is 3.67. The number of hydrogen-bond donors (Lipinski definition) is 1. The van der Waals surface area contributed by atoms with E-state index < -0.39 is 17.9 Å². The maximum atomic E-state index is 12.6. The summed E-state index contributed by atoms with van der Waals surface area (Å²) < 4.78 is 5.71. The van der Waals surface area contributed by atoms with Crippen molar-refractivity contribution in [3.05, 3.63) is 76.4 Å². The van der Waals surface area contributed by atoms with Gasteiger partial charge in [-0.2, -0.15) is 0 Å². The molecule has 0 saturated carbocycles. The first kappa shape index (κ1) is 18.1. The van der Waals surface area contributed by atoms with E-state index in [9.17, 15) is 9.59 Å². The minimum atomic E-state index is -0.806. The third kappa shape index (κ3) is 4.08. The van der Waals surface area contributed by atoms with E-state index in [0.29, 0.717) is 6.42 Å². The standard InChI is InChI=1S/C20H17BrN2O3/c1-26-20(25)18(12-14-7-2-4-8-15(14)21)23-19(24)17-11-10-13-6-3-5-9-16(13)22-17/h2-11,18H,12H2,1H3,(H,23,24)/t18-/m1/s1. The minimum Gasteiger partial charge on any atom is -0.467 e. The smallest absolute Gasteiger partial charge is 0.328 e. The number of methoxy groups -OCH3 is 1. The fourth-order valence-corrected chi connectivity index (χ4v) is 3.09. The lowest BCUT2D eigenvalue weighted by atomic mass is 10.1. The zero-order valence-corrected chi connectivity index (χ0v) is 15.7. The number of carbonyl (C=O) groups is 2. The zero-order chi connectivity index (χ0) is 18.5. The van der Waals surface area contributed by atoms with Gasteiger partial charge in [-0.25, -0.2) is 9.78 Å². The number of fused-ring (bicyclic) bond motifs is 1. The maximum absolute atomic E-state index is 12.6. The summed E-state index contributed by atoms with van der Waals surface area (Å²) in [7, 11) is 1.30. The van der Waals surface area contributed by atoms with E-state index in [2.05, 4.69) is 26.2 Å². The average Bonchev–Trinajstić information content (AvgIpc) is 2.68. The van der Waals surface area contributed by atoms with Crippen LogP contribution in [0.1, 0.15) is 16.1 Å². The van der Waals surface area contributed by atoms with Crippen LogP contribution >= 0.6 is 15.9 Å². The van der Waals surface area contributed by atoms with E-state index in [4.69, 9.17) is 4.74 Å². The van der Waals surface area contributed by atoms with Gasteiger partial charge in [0.2, 0.25) is 0 Å². The summed E-state index contributed by atoms with van der Waals surface area (Å²) in [6.07, 6.45) is 0.313. The normalized spacial score (nSPS) is 11.8. The van der Waals surface area contributed by atoms with Gasteiger partial charge in [-0.15, -0.1) is 0 Å². The Balaban J connectivity index is 1.82. The van der Waals surface area contributed by atoms with Gasteiger partial charge in [0.25, 0.3) is 5.91 Å². The number of amides is 1. The van der Waals surface area contributed by atoms with Crippen LogP contribution in [0.5, 0.6) is 0 Å². The van der Waals surface area contributed by atoms with E-state index in [1.54, 1.807) is 6.07 Å². The number of para-hydroxylation sites is 1. The number of nitrogens with zero attached hydrogens (tertiary/aromatic N) is 1. The Labute approximate surface area is 159 Å². The average molecular weight is 413 g/mol. The highest BCUT2D eigenvalue weighted by Gasteiger charge is 2.24. The van der Waals surface area contributed by atoms with Crippen molar-refractivity contribution in [1.82, 2.24) is 10.3 Å². The van der Waals surface area contributed by atoms with Crippen molar-refractivity contribution in [3.8, 4) is 0 Å². The molecule has 3 rings (SSSR count). The van der Waals surface area contributed by atoms with Crippen LogP contribution < -0.4 is 5.32 Å².